The SMILES string of the molecule is COC(=O)Nc1nc2ccc(N3CCC(CCCC=O)(OC(=O)c4cc(Cl)c(N)c5c4OCC5)CC3)cc2[nH]1.O. The molecule has 1 aromatic heterocycles. The maximum atomic E-state index is 13.4. The number of nitrogens with one attached hydrogen (secondary N) is 2. The van der Waals surface area contributed by atoms with Crippen LogP contribution in [0.1, 0.15) is 48.0 Å². The minimum atomic E-state index is -0.731. The summed E-state index contributed by atoms with van der Waals surface area (Å²) in [6.07, 6.45) is 3.61. The van der Waals surface area contributed by atoms with E-state index >= 15 is 0 Å². The van der Waals surface area contributed by atoms with Gasteiger partial charge < -0.3 is 40.1 Å². The van der Waals surface area contributed by atoms with Crippen LogP contribution in [0.4, 0.5) is 22.1 Å². The van der Waals surface area contributed by atoms with Crippen molar-refractivity contribution in [3.8, 4) is 5.75 Å². The number of rotatable bonds is 8. The standard InChI is InChI=1S/C27H30ClN5O6.H2O/c1-37-26(36)32-25-30-20-5-4-16(14-21(20)31-25)33-10-8-27(9-11-33,7-2-3-12-34)39-24(35)18-15-19(28)22(29)17-6-13-38-23(17)18;/h4-5,12,14-15H,2-3,6-11,13,29H2,1H3,(H2,30,31,32,36);1H2. The number of nitrogens with zero attached hydrogens (tertiary/aromatic N) is 2. The number of aromatic nitrogens is 2. The number of H-pyrrole nitrogens is 1. The molecule has 0 atom stereocenters. The number of ether oxygens (including phenoxy) is 3. The lowest BCUT2D eigenvalue weighted by molar-refractivity contribution is -0.108. The molecule has 2 aliphatic rings. The smallest absolute Gasteiger partial charge is 0.413 e. The number of unbranched alkanes of at least 4 members (excludes halogenated alkanes) is 1. The van der Waals surface area contributed by atoms with Gasteiger partial charge in [-0.1, -0.05) is 11.6 Å². The van der Waals surface area contributed by atoms with Crippen LogP contribution in [-0.2, 0) is 20.7 Å². The van der Waals surface area contributed by atoms with E-state index in [2.05, 4.69) is 24.9 Å². The van der Waals surface area contributed by atoms with Gasteiger partial charge in [-0.05, 0) is 37.1 Å². The Kier molecular flexibility index (Phi) is 8.70. The van der Waals surface area contributed by atoms with Crippen LogP contribution in [0.3, 0.4) is 0 Å². The molecule has 40 heavy (non-hydrogen) atoms. The molecule has 3 aromatic rings. The molecular weight excluding hydrogens is 542 g/mol. The largest absolute Gasteiger partial charge is 0.492 e. The van der Waals surface area contributed by atoms with Gasteiger partial charge >= 0.3 is 12.1 Å². The molecule has 6 N–H and O–H groups in total. The Labute approximate surface area is 235 Å². The number of benzene rings is 2. The summed E-state index contributed by atoms with van der Waals surface area (Å²) in [5.74, 6) is 0.238. The number of hydrogen-bond acceptors (Lipinski definition) is 9. The second kappa shape index (κ2) is 12.0. The first-order chi connectivity index (χ1) is 18.8. The molecule has 0 saturated carbocycles. The first-order valence-electron chi connectivity index (χ1n) is 12.8. The number of aldehydes is 1. The number of fused-ring (bicyclic) bond motifs is 2. The molecule has 0 radical (unpaired) electrons. The molecule has 12 nitrogen and oxygen atoms in total. The maximum absolute atomic E-state index is 13.4. The molecule has 5 rings (SSSR count). The van der Waals surface area contributed by atoms with E-state index in [1.54, 1.807) is 0 Å². The zero-order valence-electron chi connectivity index (χ0n) is 22.0. The minimum absolute atomic E-state index is 0. The zero-order valence-corrected chi connectivity index (χ0v) is 22.8. The highest BCUT2D eigenvalue weighted by Gasteiger charge is 2.39. The molecular formula is C27H32ClN5O7. The lowest BCUT2D eigenvalue weighted by atomic mass is 9.85. The van der Waals surface area contributed by atoms with Crippen molar-refractivity contribution in [3.05, 3.63) is 40.4 Å². The number of methoxy groups -OCH3 is 1. The molecule has 2 aromatic carbocycles. The van der Waals surface area contributed by atoms with Crippen molar-refractivity contribution in [3.63, 3.8) is 0 Å². The Morgan fingerprint density at radius 2 is 2.08 bits per heavy atom. The fourth-order valence-corrected chi connectivity index (χ4v) is 5.48. The van der Waals surface area contributed by atoms with Gasteiger partial charge in [-0.2, -0.15) is 0 Å². The average molecular weight is 574 g/mol. The van der Waals surface area contributed by atoms with Crippen molar-refractivity contribution in [2.45, 2.75) is 44.1 Å². The van der Waals surface area contributed by atoms with Gasteiger partial charge in [0, 0.05) is 50.0 Å². The summed E-state index contributed by atoms with van der Waals surface area (Å²) in [5.41, 5.74) is 9.25. The van der Waals surface area contributed by atoms with Crippen molar-refractivity contribution in [1.29, 1.82) is 0 Å². The van der Waals surface area contributed by atoms with Gasteiger partial charge in [-0.15, -0.1) is 0 Å². The molecule has 3 heterocycles. The van der Waals surface area contributed by atoms with Gasteiger partial charge in [0.25, 0.3) is 0 Å². The molecule has 0 bridgehead atoms. The molecule has 1 amide bonds. The molecule has 1 saturated heterocycles. The van der Waals surface area contributed by atoms with E-state index in [4.69, 9.17) is 26.8 Å². The average Bonchev–Trinajstić information content (AvgIpc) is 3.58. The summed E-state index contributed by atoms with van der Waals surface area (Å²) in [4.78, 5) is 45.6. The van der Waals surface area contributed by atoms with Gasteiger partial charge in [0.15, 0.2) is 0 Å². The van der Waals surface area contributed by atoms with Crippen molar-refractivity contribution in [2.75, 3.05) is 42.8 Å². The molecule has 0 unspecified atom stereocenters. The fourth-order valence-electron chi connectivity index (χ4n) is 5.25. The number of amides is 1. The lowest BCUT2D eigenvalue weighted by Gasteiger charge is -2.42. The Morgan fingerprint density at radius 1 is 1.30 bits per heavy atom. The van der Waals surface area contributed by atoms with E-state index in [0.29, 0.717) is 86.1 Å². The van der Waals surface area contributed by atoms with Crippen molar-refractivity contribution in [1.82, 2.24) is 9.97 Å². The van der Waals surface area contributed by atoms with Crippen LogP contribution in [0.5, 0.6) is 5.75 Å². The Balaban J connectivity index is 0.00000370. The van der Waals surface area contributed by atoms with Gasteiger partial charge in [-0.3, -0.25) is 5.32 Å². The third kappa shape index (κ3) is 5.77. The Bertz CT molecular complexity index is 1420. The van der Waals surface area contributed by atoms with Crippen LogP contribution in [0.2, 0.25) is 5.02 Å². The predicted molar refractivity (Wildman–Crippen MR) is 150 cm³/mol. The van der Waals surface area contributed by atoms with E-state index in [9.17, 15) is 14.4 Å². The molecule has 0 spiro atoms. The monoisotopic (exact) mass is 573 g/mol. The van der Waals surface area contributed by atoms with Crippen LogP contribution >= 0.6 is 11.6 Å². The van der Waals surface area contributed by atoms with Crippen LogP contribution < -0.4 is 20.7 Å². The molecule has 13 heteroatoms. The third-order valence-electron chi connectivity index (χ3n) is 7.37. The third-order valence-corrected chi connectivity index (χ3v) is 7.68. The first-order valence-corrected chi connectivity index (χ1v) is 13.2. The number of imidazole rings is 1. The van der Waals surface area contributed by atoms with Crippen LogP contribution in [0.15, 0.2) is 24.3 Å². The summed E-state index contributed by atoms with van der Waals surface area (Å²) in [6, 6.07) is 7.32. The quantitative estimate of drug-likeness (QED) is 0.157. The summed E-state index contributed by atoms with van der Waals surface area (Å²) in [6.45, 7) is 1.71. The first kappa shape index (κ1) is 29.0. The predicted octanol–water partition coefficient (Wildman–Crippen LogP) is 3.65. The topological polar surface area (TPSA) is 180 Å². The summed E-state index contributed by atoms with van der Waals surface area (Å²) in [5, 5.41) is 2.83. The molecule has 214 valence electrons. The second-order valence-corrected chi connectivity index (χ2v) is 10.2. The van der Waals surface area contributed by atoms with Crippen molar-refractivity contribution < 1.29 is 34.1 Å². The van der Waals surface area contributed by atoms with E-state index in [0.717, 1.165) is 23.1 Å². The minimum Gasteiger partial charge on any atom is -0.492 e. The number of nitrogen functional groups attached to an aromatic ring is 1. The number of carbonyl (C=O) groups excluding carboxylic acids is 3. The number of carbonyl (C=O) groups is 3. The number of esters is 1. The normalized spacial score (nSPS) is 15.5. The van der Waals surface area contributed by atoms with Crippen molar-refractivity contribution >= 4 is 58.3 Å². The number of halogens is 1. The van der Waals surface area contributed by atoms with Gasteiger partial charge in [0.1, 0.15) is 23.2 Å². The summed E-state index contributed by atoms with van der Waals surface area (Å²) in [7, 11) is 1.29. The van der Waals surface area contributed by atoms with E-state index in [1.807, 2.05) is 18.2 Å². The van der Waals surface area contributed by atoms with Gasteiger partial charge in [0.2, 0.25) is 5.95 Å². The highest BCUT2D eigenvalue weighted by molar-refractivity contribution is 6.33. The molecule has 1 fully saturated rings. The number of anilines is 3. The van der Waals surface area contributed by atoms with E-state index in [-0.39, 0.29) is 11.0 Å². The van der Waals surface area contributed by atoms with Crippen LogP contribution in [-0.4, -0.2) is 66.2 Å². The Hall–Kier alpha value is -4.03. The second-order valence-electron chi connectivity index (χ2n) is 9.75. The molecule has 0 aliphatic carbocycles. The lowest BCUT2D eigenvalue weighted by Crippen LogP contribution is -2.47. The Morgan fingerprint density at radius 3 is 2.80 bits per heavy atom. The number of nitrogens with two attached hydrogens (primary N) is 1. The van der Waals surface area contributed by atoms with Gasteiger partial charge in [0.05, 0.1) is 35.5 Å². The van der Waals surface area contributed by atoms with Crippen LogP contribution in [0.25, 0.3) is 11.0 Å². The number of hydrogen-bond donors (Lipinski definition) is 3. The number of piperidine rings is 1. The maximum Gasteiger partial charge on any atom is 0.413 e. The summed E-state index contributed by atoms with van der Waals surface area (Å²) >= 11 is 6.32. The summed E-state index contributed by atoms with van der Waals surface area (Å²) < 4.78 is 16.5. The zero-order chi connectivity index (χ0) is 27.6. The van der Waals surface area contributed by atoms with Crippen molar-refractivity contribution in [2.24, 2.45) is 0 Å². The number of aromatic amines is 1. The highest BCUT2D eigenvalue weighted by Crippen LogP contribution is 2.41. The van der Waals surface area contributed by atoms with E-state index < -0.39 is 17.7 Å². The van der Waals surface area contributed by atoms with Crippen LogP contribution in [0, 0.1) is 0 Å². The van der Waals surface area contributed by atoms with E-state index in [1.165, 1.54) is 13.2 Å². The fraction of sp³-hybridized carbons (Fsp3) is 0.407. The highest BCUT2D eigenvalue weighted by atomic mass is 35.5. The molecule has 2 aliphatic heterocycles. The van der Waals surface area contributed by atoms with Gasteiger partial charge in [-0.25, -0.2) is 14.6 Å².